The van der Waals surface area contributed by atoms with E-state index in [1.54, 1.807) is 14.2 Å². The van der Waals surface area contributed by atoms with E-state index in [1.807, 2.05) is 35.5 Å². The average Bonchev–Trinajstić information content (AvgIpc) is 3.20. The van der Waals surface area contributed by atoms with Crippen molar-refractivity contribution >= 4 is 5.91 Å². The monoisotopic (exact) mass is 386 g/mol. The number of benzene rings is 1. The fraction of sp³-hybridized carbons (Fsp3) is 0.524. The number of aromatic nitrogens is 2. The van der Waals surface area contributed by atoms with Gasteiger partial charge in [0, 0.05) is 58.1 Å². The Morgan fingerprint density at radius 2 is 1.82 bits per heavy atom. The Morgan fingerprint density at radius 3 is 2.50 bits per heavy atom. The molecular weight excluding hydrogens is 356 g/mol. The normalized spacial score (nSPS) is 14.9. The van der Waals surface area contributed by atoms with Gasteiger partial charge in [0.1, 0.15) is 5.82 Å². The maximum Gasteiger partial charge on any atom is 0.227 e. The molecule has 1 aliphatic heterocycles. The average molecular weight is 386 g/mol. The van der Waals surface area contributed by atoms with E-state index in [1.165, 1.54) is 0 Å². The molecule has 0 spiro atoms. The Kier molecular flexibility index (Phi) is 6.92. The molecule has 0 N–H and O–H groups in total. The Hall–Kier alpha value is -2.54. The van der Waals surface area contributed by atoms with Crippen LogP contribution in [-0.4, -0.2) is 72.2 Å². The molecule has 1 saturated heterocycles. The summed E-state index contributed by atoms with van der Waals surface area (Å²) in [7, 11) is 3.22. The summed E-state index contributed by atoms with van der Waals surface area (Å²) in [6.07, 6.45) is 5.24. The number of hydrogen-bond acceptors (Lipinski definition) is 5. The zero-order valence-corrected chi connectivity index (χ0v) is 17.1. The van der Waals surface area contributed by atoms with Crippen LogP contribution in [-0.2, 0) is 24.2 Å². The molecule has 28 heavy (non-hydrogen) atoms. The van der Waals surface area contributed by atoms with E-state index >= 15 is 0 Å². The highest BCUT2D eigenvalue weighted by molar-refractivity contribution is 5.79. The zero-order valence-electron chi connectivity index (χ0n) is 17.1. The van der Waals surface area contributed by atoms with Crippen molar-refractivity contribution in [3.63, 3.8) is 0 Å². The number of ether oxygens (including phenoxy) is 2. The molecule has 3 rings (SSSR count). The number of piperazine rings is 1. The summed E-state index contributed by atoms with van der Waals surface area (Å²) in [6.45, 7) is 7.43. The van der Waals surface area contributed by atoms with Gasteiger partial charge in [-0.2, -0.15) is 0 Å². The van der Waals surface area contributed by atoms with E-state index in [0.29, 0.717) is 17.9 Å². The number of imidazole rings is 1. The fourth-order valence-electron chi connectivity index (χ4n) is 3.61. The van der Waals surface area contributed by atoms with Gasteiger partial charge < -0.3 is 18.9 Å². The first-order valence-corrected chi connectivity index (χ1v) is 9.85. The predicted octanol–water partition coefficient (Wildman–Crippen LogP) is 1.85. The lowest BCUT2D eigenvalue weighted by Gasteiger charge is -2.35. The first kappa shape index (κ1) is 20.2. The fourth-order valence-corrected chi connectivity index (χ4v) is 3.61. The third-order valence-corrected chi connectivity index (χ3v) is 5.30. The van der Waals surface area contributed by atoms with Crippen LogP contribution < -0.4 is 9.47 Å². The third kappa shape index (κ3) is 4.84. The van der Waals surface area contributed by atoms with Gasteiger partial charge in [-0.05, 0) is 17.7 Å². The van der Waals surface area contributed by atoms with E-state index in [9.17, 15) is 4.79 Å². The molecule has 1 aromatic heterocycles. The molecule has 1 amide bonds. The quantitative estimate of drug-likeness (QED) is 0.693. The van der Waals surface area contributed by atoms with Crippen LogP contribution in [0, 0.1) is 0 Å². The summed E-state index contributed by atoms with van der Waals surface area (Å²) < 4.78 is 12.8. The van der Waals surface area contributed by atoms with Gasteiger partial charge in [0.25, 0.3) is 0 Å². The minimum Gasteiger partial charge on any atom is -0.493 e. The highest BCUT2D eigenvalue weighted by Crippen LogP contribution is 2.27. The van der Waals surface area contributed by atoms with E-state index < -0.39 is 0 Å². The largest absolute Gasteiger partial charge is 0.493 e. The lowest BCUT2D eigenvalue weighted by molar-refractivity contribution is -0.132. The summed E-state index contributed by atoms with van der Waals surface area (Å²) in [6, 6.07) is 5.65. The van der Waals surface area contributed by atoms with E-state index in [4.69, 9.17) is 9.47 Å². The first-order valence-electron chi connectivity index (χ1n) is 9.85. The second-order valence-corrected chi connectivity index (χ2v) is 6.98. The molecule has 2 aromatic rings. The van der Waals surface area contributed by atoms with Crippen molar-refractivity contribution in [3.8, 4) is 11.5 Å². The maximum atomic E-state index is 12.7. The van der Waals surface area contributed by atoms with Gasteiger partial charge in [0.2, 0.25) is 5.91 Å². The van der Waals surface area contributed by atoms with Crippen molar-refractivity contribution in [2.45, 2.75) is 26.3 Å². The molecule has 152 valence electrons. The van der Waals surface area contributed by atoms with Crippen LogP contribution >= 0.6 is 0 Å². The van der Waals surface area contributed by atoms with Crippen molar-refractivity contribution < 1.29 is 14.3 Å². The van der Waals surface area contributed by atoms with Gasteiger partial charge in [-0.25, -0.2) is 4.98 Å². The molecule has 7 heteroatoms. The molecule has 1 aromatic carbocycles. The molecule has 0 unspecified atom stereocenters. The minimum absolute atomic E-state index is 0.162. The molecule has 2 heterocycles. The molecule has 7 nitrogen and oxygen atoms in total. The second-order valence-electron chi connectivity index (χ2n) is 6.98. The van der Waals surface area contributed by atoms with Crippen molar-refractivity contribution in [2.75, 3.05) is 46.9 Å². The number of nitrogens with zero attached hydrogens (tertiary/aromatic N) is 4. The van der Waals surface area contributed by atoms with Crippen LogP contribution in [0.5, 0.6) is 11.5 Å². The van der Waals surface area contributed by atoms with E-state index in [-0.39, 0.29) is 5.91 Å². The van der Waals surface area contributed by atoms with Crippen molar-refractivity contribution in [3.05, 3.63) is 42.0 Å². The van der Waals surface area contributed by atoms with Crippen molar-refractivity contribution in [1.82, 2.24) is 19.4 Å². The van der Waals surface area contributed by atoms with E-state index in [0.717, 1.165) is 57.1 Å². The maximum absolute atomic E-state index is 12.7. The van der Waals surface area contributed by atoms with Crippen molar-refractivity contribution in [2.24, 2.45) is 0 Å². The molecule has 0 radical (unpaired) electrons. The molecule has 0 aliphatic carbocycles. The van der Waals surface area contributed by atoms with Crippen molar-refractivity contribution in [1.29, 1.82) is 0 Å². The zero-order chi connectivity index (χ0) is 19.9. The lowest BCUT2D eigenvalue weighted by atomic mass is 10.1. The van der Waals surface area contributed by atoms with Gasteiger partial charge in [-0.1, -0.05) is 13.0 Å². The SMILES string of the molecule is CCc1nccn1CCN1CCN(C(=O)Cc2ccc(OC)c(OC)c2)CC1. The van der Waals surface area contributed by atoms with Gasteiger partial charge in [-0.15, -0.1) is 0 Å². The Balaban J connectivity index is 1.47. The smallest absolute Gasteiger partial charge is 0.227 e. The van der Waals surface area contributed by atoms with Crippen LogP contribution in [0.1, 0.15) is 18.3 Å². The Morgan fingerprint density at radius 1 is 1.07 bits per heavy atom. The summed E-state index contributed by atoms with van der Waals surface area (Å²) in [5, 5.41) is 0. The molecule has 0 atom stereocenters. The summed E-state index contributed by atoms with van der Waals surface area (Å²) in [5.41, 5.74) is 0.942. The summed E-state index contributed by atoms with van der Waals surface area (Å²) in [4.78, 5) is 21.4. The number of aryl methyl sites for hydroxylation is 1. The number of amides is 1. The van der Waals surface area contributed by atoms with Crippen LogP contribution in [0.15, 0.2) is 30.6 Å². The number of methoxy groups -OCH3 is 2. The summed E-state index contributed by atoms with van der Waals surface area (Å²) in [5.74, 6) is 2.62. The Labute approximate surface area is 166 Å². The van der Waals surface area contributed by atoms with Crippen LogP contribution in [0.4, 0.5) is 0 Å². The first-order chi connectivity index (χ1) is 13.6. The highest BCUT2D eigenvalue weighted by Gasteiger charge is 2.21. The van der Waals surface area contributed by atoms with Gasteiger partial charge >= 0.3 is 0 Å². The Bertz CT molecular complexity index is 782. The highest BCUT2D eigenvalue weighted by atomic mass is 16.5. The second kappa shape index (κ2) is 9.59. The van der Waals surface area contributed by atoms with Crippen LogP contribution in [0.2, 0.25) is 0 Å². The number of carbonyl (C=O) groups excluding carboxylic acids is 1. The standard InChI is InChI=1S/C21H30N4O3/c1-4-20-22-7-8-24(20)12-9-23-10-13-25(14-11-23)21(26)16-17-5-6-18(27-2)19(15-17)28-3/h5-8,15H,4,9-14,16H2,1-3H3. The lowest BCUT2D eigenvalue weighted by Crippen LogP contribution is -2.49. The minimum atomic E-state index is 0.162. The number of carbonyl (C=O) groups is 1. The van der Waals surface area contributed by atoms with Gasteiger partial charge in [0.05, 0.1) is 20.6 Å². The molecular formula is C21H30N4O3. The predicted molar refractivity (Wildman–Crippen MR) is 108 cm³/mol. The molecule has 1 fully saturated rings. The van der Waals surface area contributed by atoms with Gasteiger partial charge in [0.15, 0.2) is 11.5 Å². The van der Waals surface area contributed by atoms with E-state index in [2.05, 4.69) is 21.4 Å². The van der Waals surface area contributed by atoms with Gasteiger partial charge in [-0.3, -0.25) is 9.69 Å². The number of rotatable bonds is 8. The summed E-state index contributed by atoms with van der Waals surface area (Å²) >= 11 is 0. The number of hydrogen-bond donors (Lipinski definition) is 0. The third-order valence-electron chi connectivity index (χ3n) is 5.30. The molecule has 1 aliphatic rings. The molecule has 0 saturated carbocycles. The van der Waals surface area contributed by atoms with Crippen LogP contribution in [0.3, 0.4) is 0 Å². The molecule has 0 bridgehead atoms. The van der Waals surface area contributed by atoms with Crippen LogP contribution in [0.25, 0.3) is 0 Å². The topological polar surface area (TPSA) is 59.8 Å².